The molecule has 0 atom stereocenters. The summed E-state index contributed by atoms with van der Waals surface area (Å²) in [5.74, 6) is 1.00. The molecule has 1 aromatic rings. The van der Waals surface area contributed by atoms with Gasteiger partial charge in [0.25, 0.3) is 0 Å². The average molecular weight is 256 g/mol. The molecule has 0 saturated heterocycles. The van der Waals surface area contributed by atoms with Crippen LogP contribution in [0.2, 0.25) is 0 Å². The summed E-state index contributed by atoms with van der Waals surface area (Å²) in [4.78, 5) is 0. The van der Waals surface area contributed by atoms with Crippen LogP contribution in [0.4, 0.5) is 0 Å². The Bertz CT molecular complexity index is 467. The molecule has 0 aromatic heterocycles. The van der Waals surface area contributed by atoms with E-state index in [9.17, 15) is 0 Å². The third kappa shape index (κ3) is 3.38. The van der Waals surface area contributed by atoms with Gasteiger partial charge in [0.15, 0.2) is 0 Å². The Balaban J connectivity index is 2.92. The van der Waals surface area contributed by atoms with Crippen molar-refractivity contribution < 1.29 is 0 Å². The van der Waals surface area contributed by atoms with Gasteiger partial charge in [-0.1, -0.05) is 46.4 Å². The lowest BCUT2D eigenvalue weighted by Crippen LogP contribution is -2.50. The predicted molar refractivity (Wildman–Crippen MR) is 81.4 cm³/mol. The maximum Gasteiger partial charge on any atom is 0.0991 e. The fourth-order valence-corrected chi connectivity index (χ4v) is 2.10. The lowest BCUT2D eigenvalue weighted by molar-refractivity contribution is 0.215. The first-order chi connectivity index (χ1) is 8.81. The SMILES string of the molecule is C=C(NC(C)(C(C)C)C(C)C)c1ccc(C#N)cc1. The Labute approximate surface area is 117 Å². The van der Waals surface area contributed by atoms with Crippen LogP contribution in [0.1, 0.15) is 45.7 Å². The van der Waals surface area contributed by atoms with Crippen molar-refractivity contribution in [3.63, 3.8) is 0 Å². The molecule has 0 aliphatic heterocycles. The third-order valence-corrected chi connectivity index (χ3v) is 4.18. The summed E-state index contributed by atoms with van der Waals surface area (Å²) in [6.07, 6.45) is 0. The zero-order valence-electron chi connectivity index (χ0n) is 12.6. The number of hydrogen-bond donors (Lipinski definition) is 1. The fourth-order valence-electron chi connectivity index (χ4n) is 2.10. The predicted octanol–water partition coefficient (Wildman–Crippen LogP) is 4.19. The summed E-state index contributed by atoms with van der Waals surface area (Å²) in [6.45, 7) is 15.3. The second-order valence-electron chi connectivity index (χ2n) is 5.88. The van der Waals surface area contributed by atoms with Crippen LogP contribution in [0, 0.1) is 23.2 Å². The van der Waals surface area contributed by atoms with Crippen molar-refractivity contribution in [2.75, 3.05) is 0 Å². The molecule has 0 bridgehead atoms. The van der Waals surface area contributed by atoms with Gasteiger partial charge in [0.2, 0.25) is 0 Å². The smallest absolute Gasteiger partial charge is 0.0991 e. The minimum Gasteiger partial charge on any atom is -0.379 e. The molecule has 0 aliphatic carbocycles. The summed E-state index contributed by atoms with van der Waals surface area (Å²) >= 11 is 0. The van der Waals surface area contributed by atoms with E-state index in [1.54, 1.807) is 0 Å². The highest BCUT2D eigenvalue weighted by Crippen LogP contribution is 2.28. The summed E-state index contributed by atoms with van der Waals surface area (Å²) < 4.78 is 0. The fraction of sp³-hybridized carbons (Fsp3) is 0.471. The second kappa shape index (κ2) is 5.93. The summed E-state index contributed by atoms with van der Waals surface area (Å²) in [5, 5.41) is 12.4. The van der Waals surface area contributed by atoms with Gasteiger partial charge in [0.05, 0.1) is 11.6 Å². The van der Waals surface area contributed by atoms with Crippen LogP contribution in [-0.4, -0.2) is 5.54 Å². The standard InChI is InChI=1S/C17H24N2/c1-12(2)17(6,13(3)4)19-14(5)16-9-7-15(11-18)8-10-16/h7-10,12-13,19H,5H2,1-4,6H3. The maximum absolute atomic E-state index is 8.81. The Morgan fingerprint density at radius 1 is 1.16 bits per heavy atom. The minimum absolute atomic E-state index is 0.00494. The monoisotopic (exact) mass is 256 g/mol. The number of hydrogen-bond acceptors (Lipinski definition) is 2. The Morgan fingerprint density at radius 2 is 1.63 bits per heavy atom. The number of rotatable bonds is 5. The normalized spacial score (nSPS) is 11.5. The van der Waals surface area contributed by atoms with Gasteiger partial charge in [-0.2, -0.15) is 5.26 Å². The molecule has 102 valence electrons. The molecule has 0 unspecified atom stereocenters. The molecule has 0 fully saturated rings. The lowest BCUT2D eigenvalue weighted by atomic mass is 9.78. The van der Waals surface area contributed by atoms with Gasteiger partial charge < -0.3 is 5.32 Å². The number of nitrogens with zero attached hydrogens (tertiary/aromatic N) is 1. The minimum atomic E-state index is 0.00494. The average Bonchev–Trinajstić information content (AvgIpc) is 2.38. The van der Waals surface area contributed by atoms with E-state index < -0.39 is 0 Å². The first-order valence-corrected chi connectivity index (χ1v) is 6.79. The van der Waals surface area contributed by atoms with E-state index >= 15 is 0 Å². The van der Waals surface area contributed by atoms with Crippen LogP contribution >= 0.6 is 0 Å². The van der Waals surface area contributed by atoms with Crippen molar-refractivity contribution in [2.24, 2.45) is 11.8 Å². The maximum atomic E-state index is 8.81. The van der Waals surface area contributed by atoms with Crippen LogP contribution in [0.3, 0.4) is 0 Å². The van der Waals surface area contributed by atoms with Crippen molar-refractivity contribution >= 4 is 5.70 Å². The van der Waals surface area contributed by atoms with Crippen molar-refractivity contribution in [3.8, 4) is 6.07 Å². The molecule has 0 amide bonds. The van der Waals surface area contributed by atoms with Gasteiger partial charge in [-0.05, 0) is 36.5 Å². The van der Waals surface area contributed by atoms with Gasteiger partial charge in [0, 0.05) is 11.2 Å². The van der Waals surface area contributed by atoms with Crippen molar-refractivity contribution in [1.29, 1.82) is 5.26 Å². The molecule has 1 N–H and O–H groups in total. The van der Waals surface area contributed by atoms with Crippen LogP contribution in [-0.2, 0) is 0 Å². The van der Waals surface area contributed by atoms with Crippen LogP contribution in [0.5, 0.6) is 0 Å². The molecular formula is C17H24N2. The summed E-state index contributed by atoms with van der Waals surface area (Å²) in [6, 6.07) is 9.65. The van der Waals surface area contributed by atoms with Crippen molar-refractivity contribution in [2.45, 2.75) is 40.2 Å². The quantitative estimate of drug-likeness (QED) is 0.857. The van der Waals surface area contributed by atoms with Crippen LogP contribution in [0.15, 0.2) is 30.8 Å². The lowest BCUT2D eigenvalue weighted by Gasteiger charge is -2.40. The van der Waals surface area contributed by atoms with Gasteiger partial charge in [-0.3, -0.25) is 0 Å². The topological polar surface area (TPSA) is 35.8 Å². The molecule has 0 saturated carbocycles. The van der Waals surface area contributed by atoms with Gasteiger partial charge in [-0.15, -0.1) is 0 Å². The first kappa shape index (κ1) is 15.3. The van der Waals surface area contributed by atoms with Crippen molar-refractivity contribution in [1.82, 2.24) is 5.32 Å². The molecule has 0 aliphatic rings. The van der Waals surface area contributed by atoms with Gasteiger partial charge in [-0.25, -0.2) is 0 Å². The zero-order chi connectivity index (χ0) is 14.6. The van der Waals surface area contributed by atoms with Crippen LogP contribution < -0.4 is 5.32 Å². The van der Waals surface area contributed by atoms with Gasteiger partial charge in [0.1, 0.15) is 0 Å². The largest absolute Gasteiger partial charge is 0.379 e. The van der Waals surface area contributed by atoms with E-state index in [2.05, 4.69) is 52.6 Å². The molecule has 19 heavy (non-hydrogen) atoms. The Kier molecular flexibility index (Phi) is 4.78. The highest BCUT2D eigenvalue weighted by atomic mass is 15.0. The van der Waals surface area contributed by atoms with E-state index in [0.717, 1.165) is 11.3 Å². The molecule has 2 heteroatoms. The van der Waals surface area contributed by atoms with E-state index in [0.29, 0.717) is 17.4 Å². The summed E-state index contributed by atoms with van der Waals surface area (Å²) in [5.41, 5.74) is 2.62. The van der Waals surface area contributed by atoms with E-state index in [-0.39, 0.29) is 5.54 Å². The van der Waals surface area contributed by atoms with Gasteiger partial charge >= 0.3 is 0 Å². The van der Waals surface area contributed by atoms with E-state index in [4.69, 9.17) is 5.26 Å². The number of benzene rings is 1. The number of nitrogens with one attached hydrogen (secondary N) is 1. The van der Waals surface area contributed by atoms with Crippen LogP contribution in [0.25, 0.3) is 5.70 Å². The Hall–Kier alpha value is -1.75. The number of nitriles is 1. The zero-order valence-corrected chi connectivity index (χ0v) is 12.6. The van der Waals surface area contributed by atoms with E-state index in [1.807, 2.05) is 24.3 Å². The molecule has 0 radical (unpaired) electrons. The molecule has 1 aromatic carbocycles. The molecular weight excluding hydrogens is 232 g/mol. The molecule has 2 nitrogen and oxygen atoms in total. The molecule has 1 rings (SSSR count). The Morgan fingerprint density at radius 3 is 2.00 bits per heavy atom. The van der Waals surface area contributed by atoms with E-state index in [1.165, 1.54) is 0 Å². The van der Waals surface area contributed by atoms with Crippen molar-refractivity contribution in [3.05, 3.63) is 42.0 Å². The highest BCUT2D eigenvalue weighted by Gasteiger charge is 2.32. The molecule has 0 spiro atoms. The third-order valence-electron chi connectivity index (χ3n) is 4.18. The summed E-state index contributed by atoms with van der Waals surface area (Å²) in [7, 11) is 0. The highest BCUT2D eigenvalue weighted by molar-refractivity contribution is 5.63. The molecule has 0 heterocycles. The first-order valence-electron chi connectivity index (χ1n) is 6.79. The second-order valence-corrected chi connectivity index (χ2v) is 5.88.